The maximum atomic E-state index is 12.7. The number of nitrogens with one attached hydrogen (secondary N) is 1. The number of hydrogen-bond acceptors (Lipinski definition) is 12. The van der Waals surface area contributed by atoms with Crippen molar-refractivity contribution in [1.82, 2.24) is 25.2 Å². The Morgan fingerprint density at radius 2 is 1.53 bits per heavy atom. The van der Waals surface area contributed by atoms with E-state index in [0.29, 0.717) is 36.8 Å². The van der Waals surface area contributed by atoms with Crippen LogP contribution in [0.25, 0.3) is 0 Å². The molecule has 18 heteroatoms. The van der Waals surface area contributed by atoms with Crippen LogP contribution in [0, 0.1) is 17.8 Å². The van der Waals surface area contributed by atoms with Crippen molar-refractivity contribution >= 4 is 43.5 Å². The smallest absolute Gasteiger partial charge is 0.264 e. The second kappa shape index (κ2) is 23.3. The molecular weight excluding hydrogens is 731 g/mol. The van der Waals surface area contributed by atoms with Gasteiger partial charge in [-0.3, -0.25) is 33.2 Å². The molecule has 0 bridgehead atoms. The van der Waals surface area contributed by atoms with Gasteiger partial charge in [-0.05, 0) is 57.3 Å². The predicted octanol–water partition coefficient (Wildman–Crippen LogP) is 3.40. The minimum atomic E-state index is -4.22. The zero-order valence-corrected chi connectivity index (χ0v) is 33.5. The molecule has 0 aromatic carbocycles. The van der Waals surface area contributed by atoms with Gasteiger partial charge in [-0.1, -0.05) is 52.2 Å². The van der Waals surface area contributed by atoms with Crippen LogP contribution in [-0.4, -0.2) is 113 Å². The number of ketones is 3. The zero-order valence-electron chi connectivity index (χ0n) is 31.8. The molecule has 304 valence electrons. The van der Waals surface area contributed by atoms with E-state index in [1.165, 1.54) is 0 Å². The number of aromatic nitrogens is 3. The fourth-order valence-corrected chi connectivity index (χ4v) is 7.55. The molecule has 2 atom stereocenters. The Labute approximate surface area is 315 Å². The maximum Gasteiger partial charge on any atom is 0.264 e. The molecule has 53 heavy (non-hydrogen) atoms. The third kappa shape index (κ3) is 20.0. The lowest BCUT2D eigenvalue weighted by molar-refractivity contribution is -0.128. The standard InChI is InChI=1S/C35H61N5O11S2/c1-26(2)22-28(35(44)27(3)4)12-8-9-17-36-33(43)25-51-32-16-7-5-6-15-31-34(32)37-38-40(31)19-18-39(23-29(41)13-10-20-52(45,46)47)24-30(42)14-11-21-53(48,49)50/h26-28,32H,5-25H2,1-4H3,(H,36,43)(H,45,46,47)(H,48,49,50)/t28-,32?/m0/s1. The summed E-state index contributed by atoms with van der Waals surface area (Å²) >= 11 is 0. The van der Waals surface area contributed by atoms with E-state index >= 15 is 0 Å². The number of amides is 1. The molecule has 0 radical (unpaired) electrons. The van der Waals surface area contributed by atoms with Crippen molar-refractivity contribution in [2.24, 2.45) is 17.8 Å². The minimum absolute atomic E-state index is 0.00597. The topological polar surface area (TPSA) is 232 Å². The third-order valence-electron chi connectivity index (χ3n) is 9.14. The third-order valence-corrected chi connectivity index (χ3v) is 10.7. The predicted molar refractivity (Wildman–Crippen MR) is 198 cm³/mol. The monoisotopic (exact) mass is 791 g/mol. The second-order valence-corrected chi connectivity index (χ2v) is 18.0. The summed E-state index contributed by atoms with van der Waals surface area (Å²) in [7, 11) is -8.45. The Hall–Kier alpha value is -2.64. The van der Waals surface area contributed by atoms with Crippen LogP contribution in [0.15, 0.2) is 0 Å². The van der Waals surface area contributed by atoms with Crippen molar-refractivity contribution in [2.45, 2.75) is 124 Å². The van der Waals surface area contributed by atoms with Crippen LogP contribution in [0.5, 0.6) is 0 Å². The van der Waals surface area contributed by atoms with Gasteiger partial charge in [0.05, 0.1) is 36.8 Å². The maximum absolute atomic E-state index is 12.7. The SMILES string of the molecule is CC(C)C[C@H](CCCCNC(=O)COC1CCCCCc2c1nnn2CCN(CC(=O)CCCS(=O)(=O)O)CC(=O)CCCS(=O)(=O)O)C(=O)C(C)C. The van der Waals surface area contributed by atoms with Crippen molar-refractivity contribution in [1.29, 1.82) is 0 Å². The summed E-state index contributed by atoms with van der Waals surface area (Å²) in [4.78, 5) is 52.3. The van der Waals surface area contributed by atoms with Crippen molar-refractivity contribution in [3.8, 4) is 0 Å². The normalized spacial score (nSPS) is 16.0. The summed E-state index contributed by atoms with van der Waals surface area (Å²) in [5.41, 5.74) is 1.47. The lowest BCUT2D eigenvalue weighted by Crippen LogP contribution is -2.37. The van der Waals surface area contributed by atoms with Gasteiger partial charge in [-0.25, -0.2) is 4.68 Å². The van der Waals surface area contributed by atoms with Crippen molar-refractivity contribution in [3.05, 3.63) is 11.4 Å². The Bertz CT molecular complexity index is 1490. The second-order valence-electron chi connectivity index (χ2n) is 14.8. The Kier molecular flexibility index (Phi) is 20.5. The van der Waals surface area contributed by atoms with E-state index in [-0.39, 0.29) is 87.8 Å². The highest BCUT2D eigenvalue weighted by Crippen LogP contribution is 2.29. The molecule has 1 aromatic heterocycles. The van der Waals surface area contributed by atoms with Gasteiger partial charge < -0.3 is 10.1 Å². The quantitative estimate of drug-likeness (QED) is 0.0857. The number of carbonyl (C=O) groups excluding carboxylic acids is 4. The molecule has 1 heterocycles. The van der Waals surface area contributed by atoms with E-state index in [9.17, 15) is 36.0 Å². The first kappa shape index (κ1) is 46.5. The molecule has 0 spiro atoms. The van der Waals surface area contributed by atoms with E-state index < -0.39 is 37.8 Å². The molecular formula is C35H61N5O11S2. The highest BCUT2D eigenvalue weighted by Gasteiger charge is 2.26. The van der Waals surface area contributed by atoms with E-state index in [1.54, 1.807) is 9.58 Å². The van der Waals surface area contributed by atoms with Gasteiger partial charge in [0.2, 0.25) is 5.91 Å². The average molecular weight is 792 g/mol. The Morgan fingerprint density at radius 1 is 0.906 bits per heavy atom. The number of unbranched alkanes of at least 4 members (excludes halogenated alkanes) is 1. The average Bonchev–Trinajstić information content (AvgIpc) is 3.42. The zero-order chi connectivity index (χ0) is 39.6. The molecule has 1 aromatic rings. The van der Waals surface area contributed by atoms with Gasteiger partial charge in [0.1, 0.15) is 35.8 Å². The molecule has 1 amide bonds. The van der Waals surface area contributed by atoms with Gasteiger partial charge in [0, 0.05) is 37.8 Å². The fraction of sp³-hybridized carbons (Fsp3) is 0.829. The summed E-state index contributed by atoms with van der Waals surface area (Å²) in [6.07, 6.45) is 6.44. The number of Topliss-reactive ketones (excluding diaryl/α,β-unsaturated/α-hetero) is 3. The number of rotatable bonds is 27. The van der Waals surface area contributed by atoms with Crippen LogP contribution in [0.3, 0.4) is 0 Å². The van der Waals surface area contributed by atoms with Gasteiger partial charge in [-0.2, -0.15) is 16.8 Å². The summed E-state index contributed by atoms with van der Waals surface area (Å²) in [5, 5.41) is 11.7. The summed E-state index contributed by atoms with van der Waals surface area (Å²) in [6, 6.07) is 0. The number of fused-ring (bicyclic) bond motifs is 1. The highest BCUT2D eigenvalue weighted by molar-refractivity contribution is 7.86. The lowest BCUT2D eigenvalue weighted by Gasteiger charge is -2.22. The minimum Gasteiger partial charge on any atom is -0.362 e. The van der Waals surface area contributed by atoms with Crippen molar-refractivity contribution in [3.63, 3.8) is 0 Å². The molecule has 2 rings (SSSR count). The molecule has 0 aliphatic heterocycles. The molecule has 1 unspecified atom stereocenters. The number of nitrogens with zero attached hydrogens (tertiary/aromatic N) is 4. The summed E-state index contributed by atoms with van der Waals surface area (Å²) in [5.74, 6) is -1.26. The fourth-order valence-electron chi connectivity index (χ4n) is 6.53. The first-order valence-electron chi connectivity index (χ1n) is 18.8. The van der Waals surface area contributed by atoms with E-state index in [4.69, 9.17) is 13.8 Å². The number of carbonyl (C=O) groups is 4. The number of hydrogen-bond donors (Lipinski definition) is 3. The van der Waals surface area contributed by atoms with Crippen LogP contribution < -0.4 is 5.32 Å². The van der Waals surface area contributed by atoms with Crippen molar-refractivity contribution < 1.29 is 49.9 Å². The van der Waals surface area contributed by atoms with Crippen LogP contribution in [0.4, 0.5) is 0 Å². The Morgan fingerprint density at radius 3 is 2.09 bits per heavy atom. The van der Waals surface area contributed by atoms with E-state index in [1.807, 2.05) is 13.8 Å². The van der Waals surface area contributed by atoms with Gasteiger partial charge in [-0.15, -0.1) is 5.10 Å². The van der Waals surface area contributed by atoms with Gasteiger partial charge in [0.25, 0.3) is 20.2 Å². The first-order valence-corrected chi connectivity index (χ1v) is 22.1. The largest absolute Gasteiger partial charge is 0.362 e. The Balaban J connectivity index is 1.99. The first-order chi connectivity index (χ1) is 24.8. The van der Waals surface area contributed by atoms with E-state index in [2.05, 4.69) is 29.5 Å². The van der Waals surface area contributed by atoms with Crippen LogP contribution >= 0.6 is 0 Å². The van der Waals surface area contributed by atoms with E-state index in [0.717, 1.165) is 50.6 Å². The molecule has 3 N–H and O–H groups in total. The van der Waals surface area contributed by atoms with Gasteiger partial charge in [0.15, 0.2) is 0 Å². The number of ether oxygens (including phenoxy) is 1. The molecule has 16 nitrogen and oxygen atoms in total. The van der Waals surface area contributed by atoms with Gasteiger partial charge >= 0.3 is 0 Å². The molecule has 0 saturated heterocycles. The molecule has 1 aliphatic carbocycles. The van der Waals surface area contributed by atoms with Crippen LogP contribution in [0.2, 0.25) is 0 Å². The molecule has 0 saturated carbocycles. The molecule has 1 aliphatic rings. The van der Waals surface area contributed by atoms with Crippen molar-refractivity contribution in [2.75, 3.05) is 44.3 Å². The lowest BCUT2D eigenvalue weighted by atomic mass is 9.84. The summed E-state index contributed by atoms with van der Waals surface area (Å²) in [6.45, 7) is 8.55. The highest BCUT2D eigenvalue weighted by atomic mass is 32.2. The van der Waals surface area contributed by atoms with Crippen LogP contribution in [0.1, 0.15) is 122 Å². The summed E-state index contributed by atoms with van der Waals surface area (Å²) < 4.78 is 70.0. The molecule has 0 fully saturated rings. The van der Waals surface area contributed by atoms with Crippen LogP contribution in [-0.2, 0) is 57.1 Å².